The Bertz CT molecular complexity index is 542. The second kappa shape index (κ2) is 6.68. The number of amides is 1. The number of nitrogens with one attached hydrogen (secondary N) is 2. The Morgan fingerprint density at radius 2 is 1.95 bits per heavy atom. The molecule has 1 fully saturated rings. The molecule has 6 nitrogen and oxygen atoms in total. The zero-order valence-electron chi connectivity index (χ0n) is 13.3. The summed E-state index contributed by atoms with van der Waals surface area (Å²) in [7, 11) is 0. The van der Waals surface area contributed by atoms with Gasteiger partial charge in [-0.15, -0.1) is 0 Å². The summed E-state index contributed by atoms with van der Waals surface area (Å²) in [5, 5.41) is 5.77. The van der Waals surface area contributed by atoms with Crippen LogP contribution in [-0.4, -0.2) is 23.7 Å². The van der Waals surface area contributed by atoms with Crippen LogP contribution in [0.5, 0.6) is 0 Å². The standard InChI is InChI=1S/C16H24N4O2/c1-16(2,3)22-15(21)18-10-11-4-6-12(7-5-11)19-14(17)20-13-8-9-13/h4-7,13H,8-10H2,1-3H3,(H,18,21)(H3,17,19,20). The SMILES string of the molecule is CC(C)(C)OC(=O)NCc1ccc(NC(N)=NC2CC2)cc1. The van der Waals surface area contributed by atoms with Gasteiger partial charge in [-0.25, -0.2) is 9.79 Å². The van der Waals surface area contributed by atoms with Gasteiger partial charge in [-0.3, -0.25) is 0 Å². The molecule has 0 spiro atoms. The van der Waals surface area contributed by atoms with Gasteiger partial charge in [-0.1, -0.05) is 12.1 Å². The summed E-state index contributed by atoms with van der Waals surface area (Å²) >= 11 is 0. The minimum atomic E-state index is -0.490. The van der Waals surface area contributed by atoms with Crippen LogP contribution in [0.25, 0.3) is 0 Å². The van der Waals surface area contributed by atoms with Gasteiger partial charge < -0.3 is 21.1 Å². The molecule has 1 aliphatic carbocycles. The first-order valence-corrected chi connectivity index (χ1v) is 7.48. The molecular weight excluding hydrogens is 280 g/mol. The maximum atomic E-state index is 11.6. The van der Waals surface area contributed by atoms with Gasteiger partial charge in [0.25, 0.3) is 0 Å². The van der Waals surface area contributed by atoms with E-state index in [1.54, 1.807) is 0 Å². The van der Waals surface area contributed by atoms with Crippen molar-refractivity contribution in [1.29, 1.82) is 0 Å². The molecule has 0 saturated heterocycles. The van der Waals surface area contributed by atoms with Crippen LogP contribution >= 0.6 is 0 Å². The van der Waals surface area contributed by atoms with E-state index in [0.29, 0.717) is 18.5 Å². The van der Waals surface area contributed by atoms with E-state index in [2.05, 4.69) is 15.6 Å². The van der Waals surface area contributed by atoms with E-state index in [0.717, 1.165) is 24.1 Å². The molecule has 0 aliphatic heterocycles. The van der Waals surface area contributed by atoms with Crippen LogP contribution in [0.4, 0.5) is 10.5 Å². The molecule has 0 atom stereocenters. The van der Waals surface area contributed by atoms with E-state index in [1.807, 2.05) is 45.0 Å². The summed E-state index contributed by atoms with van der Waals surface area (Å²) in [4.78, 5) is 15.9. The molecule has 2 rings (SSSR count). The number of carbonyl (C=O) groups is 1. The molecule has 120 valence electrons. The van der Waals surface area contributed by atoms with Crippen LogP contribution < -0.4 is 16.4 Å². The van der Waals surface area contributed by atoms with E-state index in [1.165, 1.54) is 0 Å². The van der Waals surface area contributed by atoms with Crippen molar-refractivity contribution in [2.45, 2.75) is 51.8 Å². The zero-order chi connectivity index (χ0) is 16.2. The van der Waals surface area contributed by atoms with Gasteiger partial charge in [-0.2, -0.15) is 0 Å². The number of carbonyl (C=O) groups excluding carboxylic acids is 1. The zero-order valence-corrected chi connectivity index (χ0v) is 13.3. The fraction of sp³-hybridized carbons (Fsp3) is 0.500. The highest BCUT2D eigenvalue weighted by Gasteiger charge is 2.20. The van der Waals surface area contributed by atoms with Gasteiger partial charge in [0.2, 0.25) is 0 Å². The third-order valence-electron chi connectivity index (χ3n) is 2.93. The van der Waals surface area contributed by atoms with Crippen molar-refractivity contribution in [2.24, 2.45) is 10.7 Å². The van der Waals surface area contributed by atoms with E-state index in [9.17, 15) is 4.79 Å². The normalized spacial score (nSPS) is 15.3. The third kappa shape index (κ3) is 6.03. The van der Waals surface area contributed by atoms with E-state index in [-0.39, 0.29) is 0 Å². The largest absolute Gasteiger partial charge is 0.444 e. The molecular formula is C16H24N4O2. The highest BCUT2D eigenvalue weighted by molar-refractivity contribution is 5.92. The molecule has 0 aromatic heterocycles. The molecule has 0 heterocycles. The fourth-order valence-electron chi connectivity index (χ4n) is 1.77. The number of benzene rings is 1. The first kappa shape index (κ1) is 16.1. The Morgan fingerprint density at radius 1 is 1.32 bits per heavy atom. The van der Waals surface area contributed by atoms with Crippen molar-refractivity contribution in [2.75, 3.05) is 5.32 Å². The minimum absolute atomic E-state index is 0.393. The van der Waals surface area contributed by atoms with Crippen LogP contribution in [0.2, 0.25) is 0 Å². The number of ether oxygens (including phenoxy) is 1. The van der Waals surface area contributed by atoms with Gasteiger partial charge in [0, 0.05) is 12.2 Å². The molecule has 6 heteroatoms. The van der Waals surface area contributed by atoms with Crippen molar-refractivity contribution in [3.8, 4) is 0 Å². The van der Waals surface area contributed by atoms with Crippen molar-refractivity contribution in [3.63, 3.8) is 0 Å². The number of rotatable bonds is 4. The van der Waals surface area contributed by atoms with Crippen molar-refractivity contribution >= 4 is 17.7 Å². The molecule has 22 heavy (non-hydrogen) atoms. The van der Waals surface area contributed by atoms with E-state index >= 15 is 0 Å². The Balaban J connectivity index is 1.80. The Morgan fingerprint density at radius 3 is 2.50 bits per heavy atom. The second-order valence-electron chi connectivity index (χ2n) is 6.42. The van der Waals surface area contributed by atoms with Gasteiger partial charge in [0.1, 0.15) is 5.60 Å². The quantitative estimate of drug-likeness (QED) is 0.589. The lowest BCUT2D eigenvalue weighted by atomic mass is 10.2. The molecule has 0 radical (unpaired) electrons. The molecule has 1 aromatic carbocycles. The maximum Gasteiger partial charge on any atom is 0.407 e. The smallest absolute Gasteiger partial charge is 0.407 e. The minimum Gasteiger partial charge on any atom is -0.444 e. The summed E-state index contributed by atoms with van der Waals surface area (Å²) in [6, 6.07) is 8.04. The van der Waals surface area contributed by atoms with Crippen LogP contribution in [0.15, 0.2) is 29.3 Å². The van der Waals surface area contributed by atoms with Gasteiger partial charge in [-0.05, 0) is 51.3 Å². The van der Waals surface area contributed by atoms with E-state index in [4.69, 9.17) is 10.5 Å². The summed E-state index contributed by atoms with van der Waals surface area (Å²) < 4.78 is 5.18. The Hall–Kier alpha value is -2.24. The predicted molar refractivity (Wildman–Crippen MR) is 87.8 cm³/mol. The number of hydrogen-bond acceptors (Lipinski definition) is 3. The summed E-state index contributed by atoms with van der Waals surface area (Å²) in [6.07, 6.45) is 1.82. The number of anilines is 1. The average molecular weight is 304 g/mol. The molecule has 1 saturated carbocycles. The highest BCUT2D eigenvalue weighted by atomic mass is 16.6. The van der Waals surface area contributed by atoms with Crippen LogP contribution in [-0.2, 0) is 11.3 Å². The monoisotopic (exact) mass is 304 g/mol. The first-order chi connectivity index (χ1) is 10.3. The summed E-state index contributed by atoms with van der Waals surface area (Å²) in [6.45, 7) is 5.92. The first-order valence-electron chi connectivity index (χ1n) is 7.48. The Labute approximate surface area is 131 Å². The van der Waals surface area contributed by atoms with Crippen LogP contribution in [0.3, 0.4) is 0 Å². The number of aliphatic imine (C=N–C) groups is 1. The van der Waals surface area contributed by atoms with Crippen molar-refractivity contribution in [3.05, 3.63) is 29.8 Å². The van der Waals surface area contributed by atoms with Gasteiger partial charge in [0.15, 0.2) is 5.96 Å². The lowest BCUT2D eigenvalue weighted by Crippen LogP contribution is -2.32. The molecule has 1 amide bonds. The Kier molecular flexibility index (Phi) is 4.90. The fourth-order valence-corrected chi connectivity index (χ4v) is 1.77. The highest BCUT2D eigenvalue weighted by Crippen LogP contribution is 2.23. The summed E-state index contributed by atoms with van der Waals surface area (Å²) in [5.74, 6) is 0.446. The summed E-state index contributed by atoms with van der Waals surface area (Å²) in [5.41, 5.74) is 7.18. The number of alkyl carbamates (subject to hydrolysis) is 1. The lowest BCUT2D eigenvalue weighted by Gasteiger charge is -2.19. The number of hydrogen-bond donors (Lipinski definition) is 3. The number of nitrogens with zero attached hydrogens (tertiary/aromatic N) is 1. The number of nitrogens with two attached hydrogens (primary N) is 1. The second-order valence-corrected chi connectivity index (χ2v) is 6.42. The molecule has 0 unspecified atom stereocenters. The predicted octanol–water partition coefficient (Wildman–Crippen LogP) is 2.60. The number of guanidine groups is 1. The average Bonchev–Trinajstić information content (AvgIpc) is 3.19. The third-order valence-corrected chi connectivity index (χ3v) is 2.93. The van der Waals surface area contributed by atoms with Crippen molar-refractivity contribution < 1.29 is 9.53 Å². The van der Waals surface area contributed by atoms with Crippen LogP contribution in [0, 0.1) is 0 Å². The van der Waals surface area contributed by atoms with E-state index < -0.39 is 11.7 Å². The molecule has 0 bridgehead atoms. The maximum absolute atomic E-state index is 11.6. The molecule has 1 aromatic rings. The van der Waals surface area contributed by atoms with Crippen LogP contribution in [0.1, 0.15) is 39.2 Å². The van der Waals surface area contributed by atoms with Gasteiger partial charge >= 0.3 is 6.09 Å². The topological polar surface area (TPSA) is 88.7 Å². The molecule has 1 aliphatic rings. The molecule has 4 N–H and O–H groups in total. The lowest BCUT2D eigenvalue weighted by molar-refractivity contribution is 0.0523. The van der Waals surface area contributed by atoms with Crippen molar-refractivity contribution in [1.82, 2.24) is 5.32 Å². The van der Waals surface area contributed by atoms with Gasteiger partial charge in [0.05, 0.1) is 6.04 Å².